The van der Waals surface area contributed by atoms with Gasteiger partial charge in [-0.2, -0.15) is 23.4 Å². The van der Waals surface area contributed by atoms with Gasteiger partial charge in [0, 0.05) is 31.3 Å². The van der Waals surface area contributed by atoms with E-state index in [-0.39, 0.29) is 6.42 Å². The number of fused-ring (bicyclic) bond motifs is 1. The molecule has 2 aromatic heterocycles. The number of halogens is 3. The molecule has 0 amide bonds. The molecule has 0 fully saturated rings. The van der Waals surface area contributed by atoms with Crippen LogP contribution in [0.2, 0.25) is 0 Å². The molecule has 1 aliphatic rings. The van der Waals surface area contributed by atoms with E-state index in [4.69, 9.17) is 0 Å². The molecule has 3 heterocycles. The molecule has 8 heteroatoms. The molecule has 2 aromatic rings. The maximum absolute atomic E-state index is 13.3. The maximum Gasteiger partial charge on any atom is 0.410 e. The molecule has 1 N–H and O–H groups in total. The van der Waals surface area contributed by atoms with Gasteiger partial charge in [-0.25, -0.2) is 4.68 Å². The third kappa shape index (κ3) is 2.38. The van der Waals surface area contributed by atoms with E-state index >= 15 is 0 Å². The number of nitrogens with zero attached hydrogens (tertiary/aromatic N) is 4. The van der Waals surface area contributed by atoms with Gasteiger partial charge in [0.2, 0.25) is 0 Å². The normalized spacial score (nSPS) is 22.0. The number of aromatic nitrogens is 4. The van der Waals surface area contributed by atoms with Crippen LogP contribution in [0.1, 0.15) is 35.5 Å². The van der Waals surface area contributed by atoms with Crippen molar-refractivity contribution in [3.05, 3.63) is 29.2 Å². The molecule has 114 valence electrons. The van der Waals surface area contributed by atoms with Crippen molar-refractivity contribution in [3.8, 4) is 0 Å². The lowest BCUT2D eigenvalue weighted by Gasteiger charge is -2.33. The van der Waals surface area contributed by atoms with Crippen molar-refractivity contribution in [3.63, 3.8) is 0 Å². The molecule has 0 saturated heterocycles. The van der Waals surface area contributed by atoms with E-state index in [0.717, 1.165) is 15.9 Å². The second-order valence-corrected chi connectivity index (χ2v) is 5.45. The summed E-state index contributed by atoms with van der Waals surface area (Å²) >= 11 is 0. The van der Waals surface area contributed by atoms with Crippen LogP contribution < -0.4 is 5.32 Å². The Labute approximate surface area is 119 Å². The Kier molecular flexibility index (Phi) is 3.00. The summed E-state index contributed by atoms with van der Waals surface area (Å²) in [6.45, 7) is 3.49. The quantitative estimate of drug-likeness (QED) is 0.881. The number of hydrogen-bond donors (Lipinski definition) is 1. The summed E-state index contributed by atoms with van der Waals surface area (Å²) in [4.78, 5) is 0. The maximum atomic E-state index is 13.3. The molecular formula is C13H16F3N5. The van der Waals surface area contributed by atoms with Crippen molar-refractivity contribution >= 4 is 5.82 Å². The van der Waals surface area contributed by atoms with Crippen LogP contribution >= 0.6 is 0 Å². The molecule has 3 rings (SSSR count). The molecule has 21 heavy (non-hydrogen) atoms. The summed E-state index contributed by atoms with van der Waals surface area (Å²) in [5.74, 6) is 0.398. The molecule has 0 radical (unpaired) electrons. The largest absolute Gasteiger partial charge is 0.410 e. The van der Waals surface area contributed by atoms with Crippen LogP contribution in [0.5, 0.6) is 0 Å². The molecule has 0 aliphatic carbocycles. The van der Waals surface area contributed by atoms with Gasteiger partial charge in [-0.1, -0.05) is 0 Å². The highest BCUT2D eigenvalue weighted by Gasteiger charge is 2.46. The zero-order valence-corrected chi connectivity index (χ0v) is 11.9. The van der Waals surface area contributed by atoms with E-state index in [2.05, 4.69) is 15.5 Å². The fourth-order valence-electron chi connectivity index (χ4n) is 2.86. The monoisotopic (exact) mass is 299 g/mol. The van der Waals surface area contributed by atoms with Crippen LogP contribution in [-0.2, 0) is 7.05 Å². The first kappa shape index (κ1) is 14.0. The number of aryl methyl sites for hydroxylation is 3. The summed E-state index contributed by atoms with van der Waals surface area (Å²) in [5.41, 5.74) is 2.09. The minimum atomic E-state index is -4.33. The number of anilines is 1. The fourth-order valence-corrected chi connectivity index (χ4v) is 2.86. The van der Waals surface area contributed by atoms with Gasteiger partial charge >= 0.3 is 6.18 Å². The molecule has 0 aromatic carbocycles. The molecule has 0 saturated carbocycles. The van der Waals surface area contributed by atoms with E-state index in [1.54, 1.807) is 37.8 Å². The first-order valence-electron chi connectivity index (χ1n) is 6.65. The molecule has 2 unspecified atom stereocenters. The lowest BCUT2D eigenvalue weighted by molar-refractivity contribution is -0.173. The van der Waals surface area contributed by atoms with Crippen LogP contribution in [0.4, 0.5) is 19.0 Å². The molecule has 0 bridgehead atoms. The minimum Gasteiger partial charge on any atom is -0.363 e. The van der Waals surface area contributed by atoms with E-state index in [1.807, 2.05) is 0 Å². The number of hydrogen-bond acceptors (Lipinski definition) is 3. The van der Waals surface area contributed by atoms with Crippen molar-refractivity contribution in [2.45, 2.75) is 38.5 Å². The predicted octanol–water partition coefficient (Wildman–Crippen LogP) is 2.89. The predicted molar refractivity (Wildman–Crippen MR) is 71.0 cm³/mol. The van der Waals surface area contributed by atoms with Crippen LogP contribution in [-0.4, -0.2) is 25.7 Å². The minimum absolute atomic E-state index is 0.0931. The lowest BCUT2D eigenvalue weighted by Crippen LogP contribution is -2.35. The fraction of sp³-hybridized carbons (Fsp3) is 0.538. The Bertz CT molecular complexity index is 670. The highest BCUT2D eigenvalue weighted by Crippen LogP contribution is 2.43. The number of rotatable bonds is 1. The summed E-state index contributed by atoms with van der Waals surface area (Å²) in [6, 6.07) is -0.405. The van der Waals surface area contributed by atoms with Crippen LogP contribution in [0.15, 0.2) is 12.3 Å². The van der Waals surface area contributed by atoms with Crippen molar-refractivity contribution in [2.75, 3.05) is 5.32 Å². The topological polar surface area (TPSA) is 47.7 Å². The van der Waals surface area contributed by atoms with E-state index in [9.17, 15) is 13.2 Å². The highest BCUT2D eigenvalue weighted by atomic mass is 19.4. The second kappa shape index (κ2) is 4.51. The van der Waals surface area contributed by atoms with Crippen molar-refractivity contribution in [1.29, 1.82) is 0 Å². The summed E-state index contributed by atoms with van der Waals surface area (Å²) in [6.07, 6.45) is -2.66. The molecular weight excluding hydrogens is 283 g/mol. The van der Waals surface area contributed by atoms with E-state index in [0.29, 0.717) is 11.5 Å². The molecule has 5 nitrogen and oxygen atoms in total. The van der Waals surface area contributed by atoms with Crippen LogP contribution in [0, 0.1) is 13.8 Å². The number of nitrogens with one attached hydrogen (secondary N) is 1. The van der Waals surface area contributed by atoms with E-state index in [1.165, 1.54) is 0 Å². The first-order valence-corrected chi connectivity index (χ1v) is 6.65. The van der Waals surface area contributed by atoms with Gasteiger partial charge in [0.15, 0.2) is 6.04 Å². The molecule has 2 atom stereocenters. The smallest absolute Gasteiger partial charge is 0.363 e. The average molecular weight is 299 g/mol. The van der Waals surface area contributed by atoms with Crippen molar-refractivity contribution < 1.29 is 13.2 Å². The van der Waals surface area contributed by atoms with Gasteiger partial charge < -0.3 is 5.32 Å². The summed E-state index contributed by atoms with van der Waals surface area (Å²) < 4.78 is 42.6. The summed E-state index contributed by atoms with van der Waals surface area (Å²) in [5, 5.41) is 11.3. The standard InChI is InChI=1S/C13H16F3N5/c1-7-4-12-17-10(9-6-20(3)19-8(9)2)5-11(13(14,15)16)21(12)18-7/h4,6,10-11,17H,5H2,1-3H3. The van der Waals surface area contributed by atoms with Crippen molar-refractivity contribution in [1.82, 2.24) is 19.6 Å². The highest BCUT2D eigenvalue weighted by molar-refractivity contribution is 5.43. The van der Waals surface area contributed by atoms with Gasteiger partial charge in [-0.15, -0.1) is 0 Å². The molecule has 0 spiro atoms. The van der Waals surface area contributed by atoms with Crippen LogP contribution in [0.3, 0.4) is 0 Å². The van der Waals surface area contributed by atoms with Gasteiger partial charge in [-0.3, -0.25) is 4.68 Å². The summed E-state index contributed by atoms with van der Waals surface area (Å²) in [7, 11) is 1.76. The third-order valence-corrected chi connectivity index (χ3v) is 3.74. The third-order valence-electron chi connectivity index (χ3n) is 3.74. The second-order valence-electron chi connectivity index (χ2n) is 5.45. The van der Waals surface area contributed by atoms with Crippen LogP contribution in [0.25, 0.3) is 0 Å². The van der Waals surface area contributed by atoms with Gasteiger partial charge in [0.25, 0.3) is 0 Å². The Balaban J connectivity index is 2.03. The average Bonchev–Trinajstić information content (AvgIpc) is 2.87. The SMILES string of the molecule is Cc1cc2n(n1)C(C(F)(F)F)CC(c1cn(C)nc1C)N2. The van der Waals surface area contributed by atoms with Gasteiger partial charge in [-0.05, 0) is 13.8 Å². The zero-order chi connectivity index (χ0) is 15.4. The first-order chi connectivity index (χ1) is 9.75. The molecule has 1 aliphatic heterocycles. The Morgan fingerprint density at radius 3 is 2.57 bits per heavy atom. The van der Waals surface area contributed by atoms with Gasteiger partial charge in [0.1, 0.15) is 5.82 Å². The Hall–Kier alpha value is -1.99. The van der Waals surface area contributed by atoms with Crippen molar-refractivity contribution in [2.24, 2.45) is 7.05 Å². The lowest BCUT2D eigenvalue weighted by atomic mass is 9.97. The number of alkyl halides is 3. The Morgan fingerprint density at radius 1 is 1.29 bits per heavy atom. The van der Waals surface area contributed by atoms with Gasteiger partial charge in [0.05, 0.1) is 17.4 Å². The van der Waals surface area contributed by atoms with E-state index < -0.39 is 18.3 Å². The zero-order valence-electron chi connectivity index (χ0n) is 11.9. The Morgan fingerprint density at radius 2 is 2.00 bits per heavy atom.